The first kappa shape index (κ1) is 14.8. The summed E-state index contributed by atoms with van der Waals surface area (Å²) < 4.78 is 0. The highest BCUT2D eigenvalue weighted by molar-refractivity contribution is 5.85. The summed E-state index contributed by atoms with van der Waals surface area (Å²) in [5, 5.41) is 10.1. The quantitative estimate of drug-likeness (QED) is 0.847. The number of piperidine rings is 1. The zero-order chi connectivity index (χ0) is 15.5. The van der Waals surface area contributed by atoms with Crippen molar-refractivity contribution in [3.05, 3.63) is 34.9 Å². The van der Waals surface area contributed by atoms with Crippen molar-refractivity contribution in [1.29, 1.82) is 5.26 Å². The van der Waals surface area contributed by atoms with Crippen LogP contribution >= 0.6 is 0 Å². The van der Waals surface area contributed by atoms with E-state index in [4.69, 9.17) is 10.2 Å². The average molecular weight is 293 g/mol. The number of anilines is 1. The zero-order valence-corrected chi connectivity index (χ0v) is 13.5. The molecule has 2 heterocycles. The van der Waals surface area contributed by atoms with E-state index >= 15 is 0 Å². The predicted molar refractivity (Wildman–Crippen MR) is 91.2 cm³/mol. The molecule has 0 unspecified atom stereocenters. The Labute approximate surface area is 132 Å². The van der Waals surface area contributed by atoms with Crippen LogP contribution in [0.2, 0.25) is 0 Å². The number of rotatable bonds is 3. The van der Waals surface area contributed by atoms with Crippen LogP contribution in [-0.2, 0) is 6.42 Å². The molecule has 0 bridgehead atoms. The third kappa shape index (κ3) is 2.78. The van der Waals surface area contributed by atoms with E-state index in [1.165, 1.54) is 41.3 Å². The largest absolute Gasteiger partial charge is 0.356 e. The Morgan fingerprint density at radius 3 is 2.68 bits per heavy atom. The molecular weight excluding hydrogens is 270 g/mol. The molecular formula is C19H23N3. The maximum absolute atomic E-state index is 8.94. The smallest absolute Gasteiger partial charge is 0.132 e. The molecule has 1 fully saturated rings. The molecule has 0 spiro atoms. The topological polar surface area (TPSA) is 39.9 Å². The van der Waals surface area contributed by atoms with Gasteiger partial charge in [0.1, 0.15) is 5.82 Å². The van der Waals surface area contributed by atoms with E-state index < -0.39 is 0 Å². The molecule has 0 atom stereocenters. The minimum atomic E-state index is 0.554. The van der Waals surface area contributed by atoms with Crippen LogP contribution in [0, 0.1) is 25.2 Å². The van der Waals surface area contributed by atoms with Gasteiger partial charge in [0.2, 0.25) is 0 Å². The monoisotopic (exact) mass is 293 g/mol. The van der Waals surface area contributed by atoms with Crippen molar-refractivity contribution in [3.8, 4) is 6.07 Å². The van der Waals surface area contributed by atoms with Gasteiger partial charge in [0.05, 0.1) is 11.6 Å². The van der Waals surface area contributed by atoms with Crippen LogP contribution in [-0.4, -0.2) is 18.1 Å². The van der Waals surface area contributed by atoms with E-state index in [9.17, 15) is 0 Å². The molecule has 0 amide bonds. The van der Waals surface area contributed by atoms with Crippen molar-refractivity contribution >= 4 is 16.7 Å². The lowest BCUT2D eigenvalue weighted by molar-refractivity contribution is 0.572. The van der Waals surface area contributed by atoms with Crippen molar-refractivity contribution < 1.29 is 0 Å². The SMILES string of the molecule is Cc1ccc2cc(CCC#N)c(N3CCCCC3)nc2c1C. The van der Waals surface area contributed by atoms with E-state index in [2.05, 4.69) is 43.0 Å². The van der Waals surface area contributed by atoms with Gasteiger partial charge in [0, 0.05) is 24.9 Å². The summed E-state index contributed by atoms with van der Waals surface area (Å²) in [4.78, 5) is 7.44. The lowest BCUT2D eigenvalue weighted by atomic mass is 10.0. The number of hydrogen-bond donors (Lipinski definition) is 0. The Morgan fingerprint density at radius 2 is 1.95 bits per heavy atom. The second-order valence-electron chi connectivity index (χ2n) is 6.26. The van der Waals surface area contributed by atoms with E-state index in [0.717, 1.165) is 30.8 Å². The fourth-order valence-corrected chi connectivity index (χ4v) is 3.27. The second-order valence-corrected chi connectivity index (χ2v) is 6.26. The molecule has 1 aliphatic heterocycles. The summed E-state index contributed by atoms with van der Waals surface area (Å²) in [5.74, 6) is 1.11. The molecule has 0 radical (unpaired) electrons. The Hall–Kier alpha value is -2.08. The molecule has 22 heavy (non-hydrogen) atoms. The second kappa shape index (κ2) is 6.36. The number of nitrogens with zero attached hydrogens (tertiary/aromatic N) is 3. The maximum atomic E-state index is 8.94. The maximum Gasteiger partial charge on any atom is 0.132 e. The van der Waals surface area contributed by atoms with E-state index in [0.29, 0.717) is 6.42 Å². The fourth-order valence-electron chi connectivity index (χ4n) is 3.27. The molecule has 0 saturated carbocycles. The summed E-state index contributed by atoms with van der Waals surface area (Å²) >= 11 is 0. The van der Waals surface area contributed by atoms with Gasteiger partial charge in [-0.3, -0.25) is 0 Å². The summed E-state index contributed by atoms with van der Waals surface area (Å²) in [7, 11) is 0. The molecule has 3 nitrogen and oxygen atoms in total. The summed E-state index contributed by atoms with van der Waals surface area (Å²) in [6.07, 6.45) is 5.14. The zero-order valence-electron chi connectivity index (χ0n) is 13.5. The van der Waals surface area contributed by atoms with Gasteiger partial charge in [-0.1, -0.05) is 12.1 Å². The molecule has 1 saturated heterocycles. The fraction of sp³-hybridized carbons (Fsp3) is 0.474. The molecule has 3 rings (SSSR count). The molecule has 0 aliphatic carbocycles. The molecule has 0 N–H and O–H groups in total. The average Bonchev–Trinajstić information content (AvgIpc) is 2.56. The first-order valence-electron chi connectivity index (χ1n) is 8.22. The number of hydrogen-bond acceptors (Lipinski definition) is 3. The summed E-state index contributed by atoms with van der Waals surface area (Å²) in [6, 6.07) is 8.83. The van der Waals surface area contributed by atoms with Gasteiger partial charge in [-0.05, 0) is 62.3 Å². The van der Waals surface area contributed by atoms with Crippen molar-refractivity contribution in [3.63, 3.8) is 0 Å². The van der Waals surface area contributed by atoms with Gasteiger partial charge in [-0.15, -0.1) is 0 Å². The van der Waals surface area contributed by atoms with Gasteiger partial charge in [-0.2, -0.15) is 5.26 Å². The third-order valence-corrected chi connectivity index (χ3v) is 4.73. The highest BCUT2D eigenvalue weighted by Gasteiger charge is 2.17. The van der Waals surface area contributed by atoms with Gasteiger partial charge in [0.25, 0.3) is 0 Å². The first-order valence-corrected chi connectivity index (χ1v) is 8.22. The van der Waals surface area contributed by atoms with Crippen molar-refractivity contribution in [2.45, 2.75) is 46.0 Å². The van der Waals surface area contributed by atoms with Crippen LogP contribution in [0.4, 0.5) is 5.82 Å². The van der Waals surface area contributed by atoms with Crippen LogP contribution in [0.1, 0.15) is 42.4 Å². The van der Waals surface area contributed by atoms with Gasteiger partial charge in [-0.25, -0.2) is 4.98 Å². The normalized spacial score (nSPS) is 15.0. The minimum absolute atomic E-state index is 0.554. The number of benzene rings is 1. The first-order chi connectivity index (χ1) is 10.7. The number of nitriles is 1. The summed E-state index contributed by atoms with van der Waals surface area (Å²) in [5.41, 5.74) is 4.89. The third-order valence-electron chi connectivity index (χ3n) is 4.73. The van der Waals surface area contributed by atoms with Crippen LogP contribution in [0.25, 0.3) is 10.9 Å². The van der Waals surface area contributed by atoms with Crippen molar-refractivity contribution in [2.75, 3.05) is 18.0 Å². The molecule has 1 aromatic heterocycles. The number of aryl methyl sites for hydroxylation is 3. The van der Waals surface area contributed by atoms with Crippen LogP contribution < -0.4 is 4.90 Å². The molecule has 1 aromatic carbocycles. The highest BCUT2D eigenvalue weighted by Crippen LogP contribution is 2.29. The van der Waals surface area contributed by atoms with Gasteiger partial charge in [0.15, 0.2) is 0 Å². The highest BCUT2D eigenvalue weighted by atomic mass is 15.2. The van der Waals surface area contributed by atoms with Gasteiger partial charge >= 0.3 is 0 Å². The van der Waals surface area contributed by atoms with E-state index in [-0.39, 0.29) is 0 Å². The Kier molecular flexibility index (Phi) is 4.29. The Bertz CT molecular complexity index is 722. The molecule has 1 aliphatic rings. The number of fused-ring (bicyclic) bond motifs is 1. The van der Waals surface area contributed by atoms with Crippen molar-refractivity contribution in [1.82, 2.24) is 4.98 Å². The van der Waals surface area contributed by atoms with E-state index in [1.807, 2.05) is 0 Å². The number of pyridine rings is 1. The Morgan fingerprint density at radius 1 is 1.18 bits per heavy atom. The lowest BCUT2D eigenvalue weighted by Gasteiger charge is -2.30. The number of aromatic nitrogens is 1. The standard InChI is InChI=1S/C19H23N3/c1-14-8-9-16-13-17(7-6-10-20)19(21-18(16)15(14)2)22-11-4-3-5-12-22/h8-9,13H,3-7,11-12H2,1-2H3. The summed E-state index contributed by atoms with van der Waals surface area (Å²) in [6.45, 7) is 6.46. The van der Waals surface area contributed by atoms with Crippen LogP contribution in [0.5, 0.6) is 0 Å². The molecule has 3 heteroatoms. The van der Waals surface area contributed by atoms with Crippen LogP contribution in [0.15, 0.2) is 18.2 Å². The molecule has 114 valence electrons. The van der Waals surface area contributed by atoms with Gasteiger partial charge < -0.3 is 4.90 Å². The van der Waals surface area contributed by atoms with E-state index in [1.54, 1.807) is 0 Å². The minimum Gasteiger partial charge on any atom is -0.356 e. The van der Waals surface area contributed by atoms with Crippen LogP contribution in [0.3, 0.4) is 0 Å². The predicted octanol–water partition coefficient (Wildman–Crippen LogP) is 4.30. The molecule has 2 aromatic rings. The lowest BCUT2D eigenvalue weighted by Crippen LogP contribution is -2.31. The van der Waals surface area contributed by atoms with Crippen molar-refractivity contribution in [2.24, 2.45) is 0 Å². The Balaban J connectivity index is 2.12.